The molecule has 0 atom stereocenters. The van der Waals surface area contributed by atoms with Crippen molar-refractivity contribution in [3.63, 3.8) is 0 Å². The fourth-order valence-electron chi connectivity index (χ4n) is 4.42. The van der Waals surface area contributed by atoms with Crippen LogP contribution in [0, 0.1) is 5.92 Å². The van der Waals surface area contributed by atoms with Crippen molar-refractivity contribution in [1.82, 2.24) is 9.88 Å². The molecule has 5 rings (SSSR count). The lowest BCUT2D eigenvalue weighted by Gasteiger charge is -2.21. The van der Waals surface area contributed by atoms with Crippen molar-refractivity contribution in [2.45, 2.75) is 26.8 Å². The lowest BCUT2D eigenvalue weighted by molar-refractivity contribution is -0.137. The molecule has 0 saturated heterocycles. The van der Waals surface area contributed by atoms with Gasteiger partial charge >= 0.3 is 0 Å². The van der Waals surface area contributed by atoms with Crippen molar-refractivity contribution in [2.24, 2.45) is 5.92 Å². The monoisotopic (exact) mass is 453 g/mol. The van der Waals surface area contributed by atoms with Crippen molar-refractivity contribution in [2.75, 3.05) is 18.1 Å². The molecule has 0 saturated carbocycles. The number of fused-ring (bicyclic) bond motifs is 1. The van der Waals surface area contributed by atoms with Gasteiger partial charge in [-0.1, -0.05) is 50.2 Å². The van der Waals surface area contributed by atoms with Crippen molar-refractivity contribution in [3.8, 4) is 5.75 Å². The number of amides is 2. The number of carbonyl (C=O) groups excluding carboxylic acids is 2. The molecule has 0 radical (unpaired) electrons. The molecule has 2 aliphatic heterocycles. The number of para-hydroxylation sites is 1. The number of pyridine rings is 1. The van der Waals surface area contributed by atoms with E-state index in [0.717, 1.165) is 17.9 Å². The number of hydrogen-bond donors (Lipinski definition) is 0. The van der Waals surface area contributed by atoms with E-state index in [4.69, 9.17) is 4.74 Å². The summed E-state index contributed by atoms with van der Waals surface area (Å²) >= 11 is 0. The molecule has 1 aromatic heterocycles. The number of ether oxygens (including phenoxy) is 1. The van der Waals surface area contributed by atoms with Crippen LogP contribution in [0.5, 0.6) is 5.75 Å². The van der Waals surface area contributed by atoms with Gasteiger partial charge in [-0.2, -0.15) is 0 Å². The van der Waals surface area contributed by atoms with Crippen LogP contribution in [0.25, 0.3) is 5.57 Å². The Morgan fingerprint density at radius 2 is 1.71 bits per heavy atom. The number of benzene rings is 2. The zero-order valence-electron chi connectivity index (χ0n) is 19.4. The zero-order valence-corrected chi connectivity index (χ0v) is 19.4. The summed E-state index contributed by atoms with van der Waals surface area (Å²) < 4.78 is 5.81. The first-order valence-corrected chi connectivity index (χ1v) is 11.6. The molecule has 0 bridgehead atoms. The number of aromatic nitrogens is 1. The van der Waals surface area contributed by atoms with Crippen molar-refractivity contribution < 1.29 is 14.3 Å². The third-order valence-corrected chi connectivity index (χ3v) is 6.07. The molecular weight excluding hydrogens is 426 g/mol. The van der Waals surface area contributed by atoms with Gasteiger partial charge in [-0.25, -0.2) is 0 Å². The van der Waals surface area contributed by atoms with E-state index in [1.807, 2.05) is 65.6 Å². The van der Waals surface area contributed by atoms with Crippen molar-refractivity contribution in [3.05, 3.63) is 95.4 Å². The molecule has 172 valence electrons. The maximum absolute atomic E-state index is 13.7. The normalized spacial score (nSPS) is 15.5. The first kappa shape index (κ1) is 21.9. The number of carbonyl (C=O) groups is 2. The van der Waals surface area contributed by atoms with Crippen LogP contribution in [0.3, 0.4) is 0 Å². The topological polar surface area (TPSA) is 62.7 Å². The summed E-state index contributed by atoms with van der Waals surface area (Å²) in [7, 11) is 0. The number of hydrogen-bond acceptors (Lipinski definition) is 5. The SMILES string of the molecule is CC(C)COc1ccc(C2=C(N3CCc4ccccc43)C(=O)N(Cc3ccccn3)C2=O)cc1. The summed E-state index contributed by atoms with van der Waals surface area (Å²) in [6, 6.07) is 21.0. The Bertz CT molecular complexity index is 1250. The molecule has 0 fully saturated rings. The van der Waals surface area contributed by atoms with Gasteiger partial charge in [-0.3, -0.25) is 19.5 Å². The largest absolute Gasteiger partial charge is 0.493 e. The summed E-state index contributed by atoms with van der Waals surface area (Å²) in [5.41, 5.74) is 4.39. The highest BCUT2D eigenvalue weighted by Crippen LogP contribution is 2.39. The second-order valence-electron chi connectivity index (χ2n) is 9.00. The first-order valence-electron chi connectivity index (χ1n) is 11.6. The summed E-state index contributed by atoms with van der Waals surface area (Å²) in [6.07, 6.45) is 2.50. The molecule has 0 unspecified atom stereocenters. The van der Waals surface area contributed by atoms with Gasteiger partial charge in [-0.15, -0.1) is 0 Å². The third kappa shape index (κ3) is 4.07. The second kappa shape index (κ2) is 9.14. The van der Waals surface area contributed by atoms with E-state index in [-0.39, 0.29) is 18.4 Å². The van der Waals surface area contributed by atoms with Crippen LogP contribution < -0.4 is 9.64 Å². The van der Waals surface area contributed by atoms with E-state index in [9.17, 15) is 9.59 Å². The zero-order chi connectivity index (χ0) is 23.7. The second-order valence-corrected chi connectivity index (χ2v) is 9.00. The van der Waals surface area contributed by atoms with E-state index >= 15 is 0 Å². The van der Waals surface area contributed by atoms with E-state index in [1.54, 1.807) is 6.20 Å². The van der Waals surface area contributed by atoms with Gasteiger partial charge in [0.15, 0.2) is 0 Å². The third-order valence-electron chi connectivity index (χ3n) is 6.07. The van der Waals surface area contributed by atoms with Crippen LogP contribution in [0.4, 0.5) is 5.69 Å². The quantitative estimate of drug-likeness (QED) is 0.495. The standard InChI is InChI=1S/C28H27N3O3/c1-19(2)18-34-23-12-10-21(11-13-23)25-26(30-16-14-20-7-3-4-9-24(20)30)28(33)31(27(25)32)17-22-8-5-6-15-29-22/h3-13,15,19H,14,16-18H2,1-2H3. The van der Waals surface area contributed by atoms with Gasteiger partial charge < -0.3 is 9.64 Å². The smallest absolute Gasteiger partial charge is 0.278 e. The molecule has 0 N–H and O–H groups in total. The molecular formula is C28H27N3O3. The Balaban J connectivity index is 1.54. The lowest BCUT2D eigenvalue weighted by atomic mass is 10.0. The average molecular weight is 454 g/mol. The van der Waals surface area contributed by atoms with E-state index in [1.165, 1.54) is 10.5 Å². The maximum atomic E-state index is 13.7. The first-order chi connectivity index (χ1) is 16.5. The van der Waals surface area contributed by atoms with Crippen LogP contribution in [0.15, 0.2) is 78.6 Å². The Kier molecular flexibility index (Phi) is 5.88. The molecule has 2 aliphatic rings. The maximum Gasteiger partial charge on any atom is 0.278 e. The number of nitrogens with zero attached hydrogens (tertiary/aromatic N) is 3. The Morgan fingerprint density at radius 1 is 0.941 bits per heavy atom. The number of anilines is 1. The van der Waals surface area contributed by atoms with E-state index in [0.29, 0.717) is 41.6 Å². The van der Waals surface area contributed by atoms with Crippen LogP contribution in [-0.2, 0) is 22.6 Å². The minimum absolute atomic E-state index is 0.135. The minimum Gasteiger partial charge on any atom is -0.493 e. The molecule has 3 heterocycles. The molecule has 3 aromatic rings. The van der Waals surface area contributed by atoms with Gasteiger partial charge in [0, 0.05) is 18.4 Å². The average Bonchev–Trinajstić information content (AvgIpc) is 3.38. The predicted octanol–water partition coefficient (Wildman–Crippen LogP) is 4.46. The van der Waals surface area contributed by atoms with E-state index in [2.05, 4.69) is 24.9 Å². The summed E-state index contributed by atoms with van der Waals surface area (Å²) in [4.78, 5) is 35.0. The highest BCUT2D eigenvalue weighted by molar-refractivity contribution is 6.36. The van der Waals surface area contributed by atoms with Gasteiger partial charge in [0.25, 0.3) is 11.8 Å². The van der Waals surface area contributed by atoms with Gasteiger partial charge in [0.05, 0.1) is 24.4 Å². The molecule has 0 spiro atoms. The van der Waals surface area contributed by atoms with Gasteiger partial charge in [-0.05, 0) is 53.8 Å². The highest BCUT2D eigenvalue weighted by Gasteiger charge is 2.43. The van der Waals surface area contributed by atoms with Gasteiger partial charge in [0.2, 0.25) is 0 Å². The summed E-state index contributed by atoms with van der Waals surface area (Å²) in [5, 5.41) is 0. The van der Waals surface area contributed by atoms with Crippen LogP contribution in [0.2, 0.25) is 0 Å². The molecule has 6 heteroatoms. The lowest BCUT2D eigenvalue weighted by Crippen LogP contribution is -2.34. The molecule has 2 aromatic carbocycles. The Hall–Kier alpha value is -3.93. The molecule has 6 nitrogen and oxygen atoms in total. The molecule has 2 amide bonds. The summed E-state index contributed by atoms with van der Waals surface area (Å²) in [5.74, 6) is 0.569. The minimum atomic E-state index is -0.300. The van der Waals surface area contributed by atoms with Crippen molar-refractivity contribution >= 4 is 23.1 Å². The Labute approximate surface area is 199 Å². The van der Waals surface area contributed by atoms with Crippen LogP contribution in [-0.4, -0.2) is 34.8 Å². The molecule has 34 heavy (non-hydrogen) atoms. The highest BCUT2D eigenvalue weighted by atomic mass is 16.5. The van der Waals surface area contributed by atoms with E-state index < -0.39 is 0 Å². The van der Waals surface area contributed by atoms with Crippen LogP contribution >= 0.6 is 0 Å². The van der Waals surface area contributed by atoms with Crippen LogP contribution in [0.1, 0.15) is 30.7 Å². The fourth-order valence-corrected chi connectivity index (χ4v) is 4.42. The van der Waals surface area contributed by atoms with Gasteiger partial charge in [0.1, 0.15) is 11.4 Å². The molecule has 0 aliphatic carbocycles. The number of imide groups is 1. The Morgan fingerprint density at radius 3 is 2.44 bits per heavy atom. The number of rotatable bonds is 7. The predicted molar refractivity (Wildman–Crippen MR) is 131 cm³/mol. The summed E-state index contributed by atoms with van der Waals surface area (Å²) in [6.45, 7) is 5.60. The van der Waals surface area contributed by atoms with Crippen molar-refractivity contribution in [1.29, 1.82) is 0 Å². The fraction of sp³-hybridized carbons (Fsp3) is 0.250.